The highest BCUT2D eigenvalue weighted by molar-refractivity contribution is 5.85. The van der Waals surface area contributed by atoms with E-state index >= 15 is 0 Å². The van der Waals surface area contributed by atoms with Crippen LogP contribution in [0.25, 0.3) is 5.57 Å². The van der Waals surface area contributed by atoms with Gasteiger partial charge in [0.1, 0.15) is 0 Å². The molecule has 2 bridgehead atoms. The summed E-state index contributed by atoms with van der Waals surface area (Å²) in [6.07, 6.45) is 10.3. The molecule has 4 rings (SSSR count). The van der Waals surface area contributed by atoms with Gasteiger partial charge in [-0.1, -0.05) is 71.7 Å². The van der Waals surface area contributed by atoms with Crippen LogP contribution in [0, 0.1) is 10.8 Å². The van der Waals surface area contributed by atoms with Crippen LogP contribution >= 0.6 is 12.4 Å². The van der Waals surface area contributed by atoms with Gasteiger partial charge >= 0.3 is 0 Å². The fourth-order valence-corrected chi connectivity index (χ4v) is 6.35. The number of halogens is 1. The number of benzene rings is 1. The monoisotopic (exact) mass is 402 g/mol. The number of hydrogen-bond donors (Lipinski definition) is 1. The van der Waals surface area contributed by atoms with E-state index in [0.29, 0.717) is 17.0 Å². The maximum atomic E-state index is 3.87. The molecule has 2 saturated heterocycles. The zero-order valence-corrected chi connectivity index (χ0v) is 19.3. The van der Waals surface area contributed by atoms with E-state index in [1.54, 1.807) is 5.57 Å². The van der Waals surface area contributed by atoms with E-state index in [1.165, 1.54) is 56.3 Å². The molecule has 0 amide bonds. The predicted octanol–water partition coefficient (Wildman–Crippen LogP) is 6.45. The van der Waals surface area contributed by atoms with Gasteiger partial charge in [-0.15, -0.1) is 12.4 Å². The lowest BCUT2D eigenvalue weighted by Crippen LogP contribution is -2.51. The van der Waals surface area contributed by atoms with Gasteiger partial charge < -0.3 is 10.2 Å². The van der Waals surface area contributed by atoms with Crippen molar-refractivity contribution in [2.24, 2.45) is 10.8 Å². The maximum Gasteiger partial charge on any atom is 0.0446 e. The highest BCUT2D eigenvalue weighted by Crippen LogP contribution is 2.50. The zero-order chi connectivity index (χ0) is 19.3. The first kappa shape index (κ1) is 21.7. The third kappa shape index (κ3) is 4.14. The number of hydrogen-bond acceptors (Lipinski definition) is 2. The van der Waals surface area contributed by atoms with Crippen molar-refractivity contribution in [1.29, 1.82) is 0 Å². The summed E-state index contributed by atoms with van der Waals surface area (Å²) >= 11 is 0. The van der Waals surface area contributed by atoms with E-state index in [4.69, 9.17) is 0 Å². The van der Waals surface area contributed by atoms with Gasteiger partial charge in [0.05, 0.1) is 0 Å². The Bertz CT molecular complexity index is 736. The molecule has 2 heterocycles. The molecule has 2 unspecified atom stereocenters. The van der Waals surface area contributed by atoms with Crippen molar-refractivity contribution in [2.75, 3.05) is 18.0 Å². The molecule has 1 N–H and O–H groups in total. The fourth-order valence-electron chi connectivity index (χ4n) is 6.35. The minimum Gasteiger partial charge on any atom is -0.365 e. The number of piperazine rings is 1. The Morgan fingerprint density at radius 3 is 2.61 bits per heavy atom. The summed E-state index contributed by atoms with van der Waals surface area (Å²) in [5, 5.41) is 3.87. The summed E-state index contributed by atoms with van der Waals surface area (Å²) in [6.45, 7) is 14.3. The first-order chi connectivity index (χ1) is 12.7. The summed E-state index contributed by atoms with van der Waals surface area (Å²) in [5.74, 6) is 0. The number of nitrogens with one attached hydrogen (secondary N) is 1. The molecule has 2 atom stereocenters. The number of fused-ring (bicyclic) bond motifs is 2. The number of nitrogens with zero attached hydrogens (tertiary/aromatic N) is 1. The van der Waals surface area contributed by atoms with Crippen LogP contribution in [0.3, 0.4) is 0 Å². The van der Waals surface area contributed by atoms with E-state index in [0.717, 1.165) is 6.54 Å². The first-order valence-electron chi connectivity index (χ1n) is 11.1. The molecule has 3 heteroatoms. The van der Waals surface area contributed by atoms with Gasteiger partial charge in [-0.05, 0) is 48.2 Å². The molecular weight excluding hydrogens is 364 g/mol. The van der Waals surface area contributed by atoms with Gasteiger partial charge in [-0.3, -0.25) is 0 Å². The molecule has 1 aromatic rings. The highest BCUT2D eigenvalue weighted by atomic mass is 35.5. The third-order valence-corrected chi connectivity index (χ3v) is 6.99. The van der Waals surface area contributed by atoms with Gasteiger partial charge in [0.15, 0.2) is 0 Å². The van der Waals surface area contributed by atoms with Crippen LogP contribution in [-0.4, -0.2) is 24.7 Å². The van der Waals surface area contributed by atoms with E-state index in [9.17, 15) is 0 Å². The largest absolute Gasteiger partial charge is 0.365 e. The molecule has 2 nitrogen and oxygen atoms in total. The van der Waals surface area contributed by atoms with Crippen LogP contribution in [0.15, 0.2) is 30.3 Å². The van der Waals surface area contributed by atoms with Crippen molar-refractivity contribution in [3.05, 3.63) is 35.9 Å². The van der Waals surface area contributed by atoms with Crippen LogP contribution in [0.5, 0.6) is 0 Å². The molecule has 0 radical (unpaired) electrons. The average molecular weight is 403 g/mol. The van der Waals surface area contributed by atoms with Crippen molar-refractivity contribution >= 4 is 23.7 Å². The molecule has 156 valence electrons. The third-order valence-electron chi connectivity index (χ3n) is 6.99. The van der Waals surface area contributed by atoms with Crippen LogP contribution < -0.4 is 10.2 Å². The van der Waals surface area contributed by atoms with E-state index in [1.807, 2.05) is 0 Å². The molecule has 2 aliphatic heterocycles. The summed E-state index contributed by atoms with van der Waals surface area (Å²) in [6, 6.07) is 9.87. The van der Waals surface area contributed by atoms with Crippen LogP contribution in [0.1, 0.15) is 78.7 Å². The molecule has 0 saturated carbocycles. The maximum absolute atomic E-state index is 3.87. The van der Waals surface area contributed by atoms with Crippen molar-refractivity contribution < 1.29 is 0 Å². The second-order valence-corrected chi connectivity index (χ2v) is 10.9. The fraction of sp³-hybridized carbons (Fsp3) is 0.680. The quantitative estimate of drug-likeness (QED) is 0.608. The van der Waals surface area contributed by atoms with Crippen LogP contribution in [0.4, 0.5) is 5.69 Å². The summed E-state index contributed by atoms with van der Waals surface area (Å²) in [7, 11) is 0. The molecule has 28 heavy (non-hydrogen) atoms. The molecule has 0 aromatic heterocycles. The molecule has 2 fully saturated rings. The number of allylic oxidation sites excluding steroid dienone is 2. The normalized spacial score (nSPS) is 30.1. The van der Waals surface area contributed by atoms with Gasteiger partial charge in [0.25, 0.3) is 0 Å². The van der Waals surface area contributed by atoms with Crippen molar-refractivity contribution in [2.45, 2.75) is 84.7 Å². The second kappa shape index (κ2) is 7.69. The lowest BCUT2D eigenvalue weighted by Gasteiger charge is -2.41. The summed E-state index contributed by atoms with van der Waals surface area (Å²) in [4.78, 5) is 2.73. The number of rotatable bonds is 5. The Hall–Kier alpha value is -0.990. The smallest absolute Gasteiger partial charge is 0.0446 e. The predicted molar refractivity (Wildman–Crippen MR) is 124 cm³/mol. The minimum atomic E-state index is 0. The van der Waals surface area contributed by atoms with E-state index in [-0.39, 0.29) is 17.8 Å². The minimum absolute atomic E-state index is 0. The molecule has 1 aliphatic carbocycles. The zero-order valence-electron chi connectivity index (χ0n) is 18.5. The SMILES string of the molecule is CCCCC12CC(CN1)N(c1ccccc1C1=CC(C)(C)CC(C)(C)C1)C2.Cl. The van der Waals surface area contributed by atoms with Gasteiger partial charge in [0, 0.05) is 35.9 Å². The van der Waals surface area contributed by atoms with Gasteiger partial charge in [-0.25, -0.2) is 0 Å². The second-order valence-electron chi connectivity index (χ2n) is 10.9. The highest BCUT2D eigenvalue weighted by Gasteiger charge is 2.49. The number of para-hydroxylation sites is 1. The van der Waals surface area contributed by atoms with E-state index in [2.05, 4.69) is 75.2 Å². The van der Waals surface area contributed by atoms with Crippen LogP contribution in [0.2, 0.25) is 0 Å². The lowest BCUT2D eigenvalue weighted by molar-refractivity contribution is 0.229. The average Bonchev–Trinajstić information content (AvgIpc) is 3.16. The Morgan fingerprint density at radius 2 is 1.89 bits per heavy atom. The molecule has 0 spiro atoms. The van der Waals surface area contributed by atoms with Crippen molar-refractivity contribution in [1.82, 2.24) is 5.32 Å². The van der Waals surface area contributed by atoms with E-state index < -0.39 is 0 Å². The lowest BCUT2D eigenvalue weighted by atomic mass is 9.65. The molecular formula is C25H39ClN2. The topological polar surface area (TPSA) is 15.3 Å². The van der Waals surface area contributed by atoms with Crippen LogP contribution in [-0.2, 0) is 0 Å². The Balaban J connectivity index is 0.00000225. The molecule has 1 aromatic carbocycles. The van der Waals surface area contributed by atoms with Gasteiger partial charge in [-0.2, -0.15) is 0 Å². The molecule has 3 aliphatic rings. The summed E-state index contributed by atoms with van der Waals surface area (Å²) < 4.78 is 0. The number of anilines is 1. The van der Waals surface area contributed by atoms with Crippen molar-refractivity contribution in [3.63, 3.8) is 0 Å². The Labute approximate surface area is 178 Å². The summed E-state index contributed by atoms with van der Waals surface area (Å²) in [5.41, 5.74) is 5.52. The van der Waals surface area contributed by atoms with Crippen molar-refractivity contribution in [3.8, 4) is 0 Å². The van der Waals surface area contributed by atoms with Gasteiger partial charge in [0.2, 0.25) is 0 Å². The Kier molecular flexibility index (Phi) is 5.96. The number of unbranched alkanes of at least 4 members (excludes halogenated alkanes) is 1. The standard InChI is InChI=1S/C25H38N2.ClH/c1-6-7-12-25-15-20(16-26-25)27(18-25)22-11-9-8-10-21(22)19-13-23(2,3)17-24(4,5)14-19;/h8-11,13,20,26H,6-7,12,14-18H2,1-5H3;1H. The first-order valence-corrected chi connectivity index (χ1v) is 11.1. The Morgan fingerprint density at radius 1 is 1.14 bits per heavy atom.